The van der Waals surface area contributed by atoms with Gasteiger partial charge >= 0.3 is 0 Å². The molecule has 0 bridgehead atoms. The summed E-state index contributed by atoms with van der Waals surface area (Å²) in [6.45, 7) is 2.25. The van der Waals surface area contributed by atoms with Crippen molar-refractivity contribution < 1.29 is 4.39 Å². The molecule has 1 rings (SSSR count). The summed E-state index contributed by atoms with van der Waals surface area (Å²) in [5.74, 6) is 0.218. The van der Waals surface area contributed by atoms with Crippen LogP contribution in [0.4, 0.5) is 4.39 Å². The molecule has 0 saturated carbocycles. The molecule has 0 unspecified atom stereocenters. The van der Waals surface area contributed by atoms with Gasteiger partial charge in [0, 0.05) is 10.1 Å². The molecule has 13 heavy (non-hydrogen) atoms. The second-order valence-corrected chi connectivity index (χ2v) is 3.89. The van der Waals surface area contributed by atoms with Crippen LogP contribution in [0.25, 0.3) is 0 Å². The fourth-order valence-electron chi connectivity index (χ4n) is 0.884. The predicted octanol–water partition coefficient (Wildman–Crippen LogP) is 2.52. The standard InChI is InChI=1S/C9H10FIN2/c1-6(12)13-5-7-2-3-8(10)9(11)4-7/h2-4H,5H2,1H3,(H2,12,13)/i10-1. The van der Waals surface area contributed by atoms with Crippen molar-refractivity contribution in [3.05, 3.63) is 33.1 Å². The molecule has 0 aliphatic heterocycles. The maximum absolute atomic E-state index is 12.8. The number of hydrogen-bond donors (Lipinski definition) is 2. The number of nitrogens with one attached hydrogen (secondary N) is 2. The minimum atomic E-state index is -0.198. The van der Waals surface area contributed by atoms with Crippen LogP contribution in [-0.4, -0.2) is 5.84 Å². The number of rotatable bonds is 2. The van der Waals surface area contributed by atoms with E-state index in [0.29, 0.717) is 16.0 Å². The third kappa shape index (κ3) is 3.30. The molecule has 0 aliphatic carbocycles. The van der Waals surface area contributed by atoms with Crippen molar-refractivity contribution in [1.82, 2.24) is 5.32 Å². The summed E-state index contributed by atoms with van der Waals surface area (Å²) in [5, 5.41) is 10.0. The van der Waals surface area contributed by atoms with E-state index in [0.717, 1.165) is 5.56 Å². The van der Waals surface area contributed by atoms with Gasteiger partial charge in [0.2, 0.25) is 0 Å². The van der Waals surface area contributed by atoms with Crippen molar-refractivity contribution >= 4 is 28.4 Å². The molecule has 2 N–H and O–H groups in total. The fraction of sp³-hybridized carbons (Fsp3) is 0.222. The Morgan fingerprint density at radius 3 is 2.85 bits per heavy atom. The first-order valence-electron chi connectivity index (χ1n) is 3.82. The smallest absolute Gasteiger partial charge is 0.136 e. The molecule has 0 heterocycles. The highest BCUT2D eigenvalue weighted by atomic mass is 127. The van der Waals surface area contributed by atoms with Gasteiger partial charge in [-0.2, -0.15) is 0 Å². The molecule has 1 aromatic rings. The Morgan fingerprint density at radius 1 is 1.62 bits per heavy atom. The largest absolute Gasteiger partial charge is 0.370 e. The van der Waals surface area contributed by atoms with E-state index in [1.54, 1.807) is 19.1 Å². The summed E-state index contributed by atoms with van der Waals surface area (Å²) in [7, 11) is 0. The van der Waals surface area contributed by atoms with E-state index in [1.165, 1.54) is 6.07 Å². The zero-order valence-corrected chi connectivity index (χ0v) is 9.35. The number of halogens is 2. The highest BCUT2D eigenvalue weighted by Crippen LogP contribution is 2.12. The summed E-state index contributed by atoms with van der Waals surface area (Å²) in [5.41, 5.74) is 0.984. The molecule has 0 saturated heterocycles. The first kappa shape index (κ1) is 10.4. The van der Waals surface area contributed by atoms with Gasteiger partial charge in [0.05, 0.1) is 5.84 Å². The fourth-order valence-corrected chi connectivity index (χ4v) is 1.46. The van der Waals surface area contributed by atoms with Gasteiger partial charge in [-0.05, 0) is 47.2 Å². The number of benzene rings is 1. The topological polar surface area (TPSA) is 35.9 Å². The van der Waals surface area contributed by atoms with Crippen molar-refractivity contribution in [2.45, 2.75) is 13.5 Å². The van der Waals surface area contributed by atoms with E-state index in [-0.39, 0.29) is 5.82 Å². The maximum Gasteiger partial charge on any atom is 0.136 e. The lowest BCUT2D eigenvalue weighted by atomic mass is 10.2. The highest BCUT2D eigenvalue weighted by molar-refractivity contribution is 14.1. The summed E-state index contributed by atoms with van der Waals surface area (Å²) >= 11 is 1.95. The molecule has 0 amide bonds. The minimum Gasteiger partial charge on any atom is -0.370 e. The van der Waals surface area contributed by atoms with Crippen LogP contribution in [0.3, 0.4) is 0 Å². The van der Waals surface area contributed by atoms with E-state index < -0.39 is 0 Å². The highest BCUT2D eigenvalue weighted by Gasteiger charge is 1.99. The lowest BCUT2D eigenvalue weighted by molar-refractivity contribution is 0.619. The SMILES string of the molecule is CC(=N)NCc1ccc([18F])c(I)c1. The van der Waals surface area contributed by atoms with Crippen LogP contribution in [0.5, 0.6) is 0 Å². The van der Waals surface area contributed by atoms with Crippen molar-refractivity contribution in [1.29, 1.82) is 5.41 Å². The predicted molar refractivity (Wildman–Crippen MR) is 59.4 cm³/mol. The Morgan fingerprint density at radius 2 is 2.31 bits per heavy atom. The zero-order chi connectivity index (χ0) is 9.84. The van der Waals surface area contributed by atoms with Gasteiger partial charge in [0.1, 0.15) is 5.82 Å². The quantitative estimate of drug-likeness (QED) is 0.490. The van der Waals surface area contributed by atoms with Gasteiger partial charge in [-0.15, -0.1) is 0 Å². The molecule has 4 heteroatoms. The number of amidine groups is 1. The van der Waals surface area contributed by atoms with Crippen LogP contribution in [0, 0.1) is 14.8 Å². The zero-order valence-electron chi connectivity index (χ0n) is 7.20. The molecular formula is C9H10FIN2. The van der Waals surface area contributed by atoms with E-state index in [1.807, 2.05) is 22.6 Å². The Bertz CT molecular complexity index is 325. The van der Waals surface area contributed by atoms with E-state index in [4.69, 9.17) is 5.41 Å². The second kappa shape index (κ2) is 4.55. The third-order valence-electron chi connectivity index (χ3n) is 1.54. The Kier molecular flexibility index (Phi) is 3.65. The van der Waals surface area contributed by atoms with Gasteiger partial charge in [0.25, 0.3) is 0 Å². The summed E-state index contributed by atoms with van der Waals surface area (Å²) in [6.07, 6.45) is 0. The minimum absolute atomic E-state index is 0.198. The molecule has 0 atom stereocenters. The molecule has 0 radical (unpaired) electrons. The summed E-state index contributed by atoms with van der Waals surface area (Å²) in [6, 6.07) is 4.93. The Balaban J connectivity index is 2.68. The van der Waals surface area contributed by atoms with Crippen molar-refractivity contribution in [3.8, 4) is 0 Å². The van der Waals surface area contributed by atoms with Crippen LogP contribution in [0.15, 0.2) is 18.2 Å². The summed E-state index contributed by atoms with van der Waals surface area (Å²) in [4.78, 5) is 0. The van der Waals surface area contributed by atoms with Gasteiger partial charge in [-0.1, -0.05) is 6.07 Å². The molecule has 2 nitrogen and oxygen atoms in total. The molecule has 0 aromatic heterocycles. The Labute approximate surface area is 90.2 Å². The van der Waals surface area contributed by atoms with Crippen molar-refractivity contribution in [2.75, 3.05) is 0 Å². The number of hydrogen-bond acceptors (Lipinski definition) is 1. The molecule has 0 fully saturated rings. The molecule has 1 aromatic carbocycles. The van der Waals surface area contributed by atoms with Crippen molar-refractivity contribution in [2.24, 2.45) is 0 Å². The lowest BCUT2D eigenvalue weighted by Gasteiger charge is -2.04. The van der Waals surface area contributed by atoms with Gasteiger partial charge in [-0.3, -0.25) is 5.41 Å². The van der Waals surface area contributed by atoms with Crippen molar-refractivity contribution in [3.63, 3.8) is 0 Å². The van der Waals surface area contributed by atoms with Gasteiger partial charge < -0.3 is 5.32 Å². The molecule has 70 valence electrons. The first-order valence-corrected chi connectivity index (χ1v) is 4.90. The maximum atomic E-state index is 12.8. The van der Waals surface area contributed by atoms with Crippen LogP contribution < -0.4 is 5.32 Å². The van der Waals surface area contributed by atoms with Crippen LogP contribution in [0.1, 0.15) is 12.5 Å². The van der Waals surface area contributed by atoms with Crippen LogP contribution >= 0.6 is 22.6 Å². The van der Waals surface area contributed by atoms with E-state index >= 15 is 0 Å². The van der Waals surface area contributed by atoms with Crippen LogP contribution in [0.2, 0.25) is 0 Å². The first-order chi connectivity index (χ1) is 6.09. The van der Waals surface area contributed by atoms with Gasteiger partial charge in [-0.25, -0.2) is 4.39 Å². The molecular weight excluding hydrogens is 281 g/mol. The van der Waals surface area contributed by atoms with Crippen LogP contribution in [-0.2, 0) is 6.54 Å². The Hall–Kier alpha value is -0.650. The second-order valence-electron chi connectivity index (χ2n) is 2.73. The average Bonchev–Trinajstić information content (AvgIpc) is 2.07. The monoisotopic (exact) mass is 291 g/mol. The van der Waals surface area contributed by atoms with E-state index in [2.05, 4.69) is 5.32 Å². The average molecular weight is 291 g/mol. The lowest BCUT2D eigenvalue weighted by Crippen LogP contribution is -2.18. The summed E-state index contributed by atoms with van der Waals surface area (Å²) < 4.78 is 13.4. The van der Waals surface area contributed by atoms with E-state index in [9.17, 15) is 4.39 Å². The third-order valence-corrected chi connectivity index (χ3v) is 2.37. The molecule has 0 aliphatic rings. The normalized spacial score (nSPS) is 9.77. The molecule has 0 spiro atoms. The van der Waals surface area contributed by atoms with Gasteiger partial charge in [0.15, 0.2) is 0 Å².